The number of hydrogen-bond donors (Lipinski definition) is 1. The summed E-state index contributed by atoms with van der Waals surface area (Å²) in [4.78, 5) is 13.5. The van der Waals surface area contributed by atoms with Gasteiger partial charge in [0.1, 0.15) is 17.2 Å². The zero-order chi connectivity index (χ0) is 32.8. The van der Waals surface area contributed by atoms with E-state index in [-0.39, 0.29) is 16.7 Å². The molecule has 0 radical (unpaired) electrons. The van der Waals surface area contributed by atoms with Gasteiger partial charge in [-0.05, 0) is 110 Å². The minimum absolute atomic E-state index is 0.0202. The first-order valence-corrected chi connectivity index (χ1v) is 16.3. The van der Waals surface area contributed by atoms with Crippen LogP contribution in [0.15, 0.2) is 66.7 Å². The molecule has 0 aliphatic rings. The van der Waals surface area contributed by atoms with Gasteiger partial charge in [0.2, 0.25) is 0 Å². The molecule has 1 N–H and O–H groups in total. The Morgan fingerprint density at radius 2 is 1.58 bits per heavy atom. The summed E-state index contributed by atoms with van der Waals surface area (Å²) in [6.07, 6.45) is 3.76. The summed E-state index contributed by atoms with van der Waals surface area (Å²) in [7, 11) is 1.65. The molecule has 0 fully saturated rings. The Kier molecular flexibility index (Phi) is 10.8. The SMILES string of the molecule is CCC(C)(C)c1ccc(OCCCCNC(=O)c2cc(-c3ccc(OC)cc3)nn2-c2cc(C)ccc2C)c(C(C)(C)CC)c1. The van der Waals surface area contributed by atoms with Crippen molar-refractivity contribution in [1.82, 2.24) is 15.1 Å². The molecule has 6 heteroatoms. The van der Waals surface area contributed by atoms with Gasteiger partial charge in [-0.2, -0.15) is 5.10 Å². The molecule has 0 unspecified atom stereocenters. The number of nitrogens with one attached hydrogen (secondary N) is 1. The van der Waals surface area contributed by atoms with Gasteiger partial charge >= 0.3 is 0 Å². The molecular weight excluding hydrogens is 558 g/mol. The van der Waals surface area contributed by atoms with Crippen molar-refractivity contribution in [3.8, 4) is 28.4 Å². The molecule has 1 heterocycles. The fraction of sp³-hybridized carbons (Fsp3) is 0.436. The van der Waals surface area contributed by atoms with E-state index in [9.17, 15) is 4.79 Å². The van der Waals surface area contributed by atoms with Gasteiger partial charge in [0.15, 0.2) is 0 Å². The minimum Gasteiger partial charge on any atom is -0.497 e. The van der Waals surface area contributed by atoms with Crippen molar-refractivity contribution in [2.24, 2.45) is 0 Å². The first kappa shape index (κ1) is 33.8. The lowest BCUT2D eigenvalue weighted by molar-refractivity contribution is 0.0944. The summed E-state index contributed by atoms with van der Waals surface area (Å²) < 4.78 is 13.4. The van der Waals surface area contributed by atoms with E-state index in [0.717, 1.165) is 65.3 Å². The number of benzene rings is 3. The number of carbonyl (C=O) groups excluding carboxylic acids is 1. The van der Waals surface area contributed by atoms with E-state index >= 15 is 0 Å². The van der Waals surface area contributed by atoms with Crippen LogP contribution in [0.25, 0.3) is 16.9 Å². The van der Waals surface area contributed by atoms with E-state index in [1.165, 1.54) is 11.1 Å². The van der Waals surface area contributed by atoms with Crippen molar-refractivity contribution in [2.75, 3.05) is 20.3 Å². The lowest BCUT2D eigenvalue weighted by Gasteiger charge is -2.30. The van der Waals surface area contributed by atoms with Crippen LogP contribution >= 0.6 is 0 Å². The molecule has 0 atom stereocenters. The molecule has 4 rings (SSSR count). The molecule has 240 valence electrons. The van der Waals surface area contributed by atoms with Gasteiger partial charge in [-0.3, -0.25) is 4.79 Å². The molecule has 0 saturated heterocycles. The van der Waals surface area contributed by atoms with Crippen LogP contribution in [-0.4, -0.2) is 35.9 Å². The number of unbranched alkanes of at least 4 members (excludes halogenated alkanes) is 1. The van der Waals surface area contributed by atoms with Crippen molar-refractivity contribution in [2.45, 2.75) is 91.9 Å². The van der Waals surface area contributed by atoms with Crippen molar-refractivity contribution >= 4 is 5.91 Å². The summed E-state index contributed by atoms with van der Waals surface area (Å²) in [6, 6.07) is 22.5. The lowest BCUT2D eigenvalue weighted by Crippen LogP contribution is -2.27. The Bertz CT molecular complexity index is 1600. The molecule has 6 nitrogen and oxygen atoms in total. The predicted octanol–water partition coefficient (Wildman–Crippen LogP) is 9.13. The number of rotatable bonds is 14. The number of hydrogen-bond acceptors (Lipinski definition) is 4. The van der Waals surface area contributed by atoms with Gasteiger partial charge in [0, 0.05) is 17.7 Å². The number of amides is 1. The zero-order valence-corrected chi connectivity index (χ0v) is 28.7. The monoisotopic (exact) mass is 609 g/mol. The second kappa shape index (κ2) is 14.4. The third-order valence-corrected chi connectivity index (χ3v) is 9.29. The number of carbonyl (C=O) groups is 1. The summed E-state index contributed by atoms with van der Waals surface area (Å²) in [6.45, 7) is 18.9. The maximum Gasteiger partial charge on any atom is 0.270 e. The number of ether oxygens (including phenoxy) is 2. The third kappa shape index (κ3) is 7.97. The number of methoxy groups -OCH3 is 1. The van der Waals surface area contributed by atoms with Crippen molar-refractivity contribution < 1.29 is 14.3 Å². The Balaban J connectivity index is 1.43. The molecule has 45 heavy (non-hydrogen) atoms. The Labute approximate surface area is 270 Å². The normalized spacial score (nSPS) is 11.8. The van der Waals surface area contributed by atoms with Crippen LogP contribution in [0.1, 0.15) is 100.0 Å². The van der Waals surface area contributed by atoms with E-state index in [2.05, 4.69) is 83.3 Å². The van der Waals surface area contributed by atoms with Crippen LogP contribution < -0.4 is 14.8 Å². The summed E-state index contributed by atoms with van der Waals surface area (Å²) in [5.74, 6) is 1.59. The minimum atomic E-state index is -0.148. The zero-order valence-electron chi connectivity index (χ0n) is 28.7. The Morgan fingerprint density at radius 3 is 2.24 bits per heavy atom. The average molecular weight is 610 g/mol. The topological polar surface area (TPSA) is 65.4 Å². The fourth-order valence-corrected chi connectivity index (χ4v) is 5.28. The molecule has 0 saturated carbocycles. The van der Waals surface area contributed by atoms with E-state index in [1.54, 1.807) is 11.8 Å². The molecule has 0 bridgehead atoms. The number of aromatic nitrogens is 2. The molecule has 0 aliphatic heterocycles. The van der Waals surface area contributed by atoms with Gasteiger partial charge < -0.3 is 14.8 Å². The van der Waals surface area contributed by atoms with E-state index in [1.807, 2.05) is 44.2 Å². The number of nitrogens with zero attached hydrogens (tertiary/aromatic N) is 2. The smallest absolute Gasteiger partial charge is 0.270 e. The number of aryl methyl sites for hydroxylation is 2. The van der Waals surface area contributed by atoms with E-state index < -0.39 is 0 Å². The molecule has 0 spiro atoms. The van der Waals surface area contributed by atoms with E-state index in [4.69, 9.17) is 14.6 Å². The van der Waals surface area contributed by atoms with Crippen LogP contribution in [-0.2, 0) is 10.8 Å². The molecule has 1 amide bonds. The van der Waals surface area contributed by atoms with Gasteiger partial charge in [0.25, 0.3) is 5.91 Å². The highest BCUT2D eigenvalue weighted by Crippen LogP contribution is 2.38. The predicted molar refractivity (Wildman–Crippen MR) is 185 cm³/mol. The highest BCUT2D eigenvalue weighted by Gasteiger charge is 2.26. The molecule has 1 aromatic heterocycles. The van der Waals surface area contributed by atoms with Crippen LogP contribution in [0.3, 0.4) is 0 Å². The third-order valence-electron chi connectivity index (χ3n) is 9.29. The van der Waals surface area contributed by atoms with Crippen LogP contribution in [0.2, 0.25) is 0 Å². The highest BCUT2D eigenvalue weighted by atomic mass is 16.5. The van der Waals surface area contributed by atoms with E-state index in [0.29, 0.717) is 18.8 Å². The quantitative estimate of drug-likeness (QED) is 0.145. The first-order chi connectivity index (χ1) is 21.4. The summed E-state index contributed by atoms with van der Waals surface area (Å²) in [5, 5.41) is 8.00. The summed E-state index contributed by atoms with van der Waals surface area (Å²) >= 11 is 0. The van der Waals surface area contributed by atoms with Crippen molar-refractivity contribution in [3.05, 3.63) is 94.7 Å². The molecular formula is C39H51N3O3. The standard InChI is InChI=1S/C39H51N3O3/c1-10-38(5,6)30-18-21-36(32(25-30)39(7,8)11-2)45-23-13-12-22-40-37(43)35-26-33(29-16-19-31(44-9)20-17-29)41-42(35)34-24-27(3)14-15-28(34)4/h14-21,24-26H,10-13,22-23H2,1-9H3,(H,40,43). The van der Waals surface area contributed by atoms with Gasteiger partial charge in [-0.15, -0.1) is 0 Å². The highest BCUT2D eigenvalue weighted by molar-refractivity contribution is 5.94. The first-order valence-electron chi connectivity index (χ1n) is 16.3. The van der Waals surface area contributed by atoms with Crippen molar-refractivity contribution in [1.29, 1.82) is 0 Å². The average Bonchev–Trinajstić information content (AvgIpc) is 3.49. The second-order valence-electron chi connectivity index (χ2n) is 13.3. The lowest BCUT2D eigenvalue weighted by atomic mass is 9.76. The Hall–Kier alpha value is -4.06. The molecule has 0 aliphatic carbocycles. The second-order valence-corrected chi connectivity index (χ2v) is 13.3. The maximum atomic E-state index is 13.5. The van der Waals surface area contributed by atoms with Crippen LogP contribution in [0.5, 0.6) is 11.5 Å². The molecule has 3 aromatic carbocycles. The van der Waals surface area contributed by atoms with Gasteiger partial charge in [-0.1, -0.05) is 65.8 Å². The van der Waals surface area contributed by atoms with Crippen molar-refractivity contribution in [3.63, 3.8) is 0 Å². The van der Waals surface area contributed by atoms with Gasteiger partial charge in [0.05, 0.1) is 25.1 Å². The van der Waals surface area contributed by atoms with Crippen LogP contribution in [0, 0.1) is 13.8 Å². The largest absolute Gasteiger partial charge is 0.497 e. The van der Waals surface area contributed by atoms with Gasteiger partial charge in [-0.25, -0.2) is 4.68 Å². The maximum absolute atomic E-state index is 13.5. The fourth-order valence-electron chi connectivity index (χ4n) is 5.28. The summed E-state index contributed by atoms with van der Waals surface area (Å²) in [5.41, 5.74) is 7.98. The van der Waals surface area contributed by atoms with Crippen LogP contribution in [0.4, 0.5) is 0 Å². The Morgan fingerprint density at radius 1 is 0.867 bits per heavy atom. The molecule has 4 aromatic rings.